The summed E-state index contributed by atoms with van der Waals surface area (Å²) in [4.78, 5) is 0. The standard InChI is InChI=1S/C11H19N3O/c1-3-7-14-9-12-13-10(14)8-11(15-2)5-4-6-11/h9H,3-8H2,1-2H3. The largest absolute Gasteiger partial charge is 0.378 e. The molecular formula is C11H19N3O. The minimum absolute atomic E-state index is 0.0541. The van der Waals surface area contributed by atoms with Crippen molar-refractivity contribution in [2.45, 2.75) is 51.2 Å². The zero-order valence-electron chi connectivity index (χ0n) is 9.57. The summed E-state index contributed by atoms with van der Waals surface area (Å²) in [6.07, 6.45) is 7.43. The first-order valence-electron chi connectivity index (χ1n) is 5.71. The first-order chi connectivity index (χ1) is 7.29. The Balaban J connectivity index is 2.06. The highest BCUT2D eigenvalue weighted by Gasteiger charge is 2.38. The monoisotopic (exact) mass is 209 g/mol. The number of nitrogens with zero attached hydrogens (tertiary/aromatic N) is 3. The molecule has 0 unspecified atom stereocenters. The number of hydrogen-bond acceptors (Lipinski definition) is 3. The van der Waals surface area contributed by atoms with E-state index in [0.717, 1.165) is 38.1 Å². The molecule has 1 aliphatic carbocycles. The van der Waals surface area contributed by atoms with Crippen molar-refractivity contribution < 1.29 is 4.74 Å². The Kier molecular flexibility index (Phi) is 3.05. The molecule has 1 aliphatic rings. The van der Waals surface area contributed by atoms with Gasteiger partial charge in [0.05, 0.1) is 5.60 Å². The van der Waals surface area contributed by atoms with E-state index in [1.807, 2.05) is 6.33 Å². The SMILES string of the molecule is CCCn1cnnc1CC1(OC)CCC1. The molecule has 1 fully saturated rings. The summed E-state index contributed by atoms with van der Waals surface area (Å²) in [6.45, 7) is 3.17. The zero-order valence-corrected chi connectivity index (χ0v) is 9.57. The Morgan fingerprint density at radius 3 is 2.87 bits per heavy atom. The quantitative estimate of drug-likeness (QED) is 0.742. The fourth-order valence-electron chi connectivity index (χ4n) is 2.16. The van der Waals surface area contributed by atoms with Gasteiger partial charge in [0.15, 0.2) is 0 Å². The van der Waals surface area contributed by atoms with Crippen LogP contribution in [0.15, 0.2) is 6.33 Å². The van der Waals surface area contributed by atoms with E-state index in [1.54, 1.807) is 7.11 Å². The second-order valence-electron chi connectivity index (χ2n) is 4.36. The number of methoxy groups -OCH3 is 1. The minimum atomic E-state index is 0.0541. The molecule has 1 aromatic heterocycles. The van der Waals surface area contributed by atoms with Crippen LogP contribution in [0.5, 0.6) is 0 Å². The molecule has 1 aromatic rings. The molecule has 0 aromatic carbocycles. The second kappa shape index (κ2) is 4.31. The highest BCUT2D eigenvalue weighted by molar-refractivity contribution is 5.00. The van der Waals surface area contributed by atoms with Crippen LogP contribution in [0.3, 0.4) is 0 Å². The Morgan fingerprint density at radius 1 is 1.53 bits per heavy atom. The van der Waals surface area contributed by atoms with Gasteiger partial charge < -0.3 is 9.30 Å². The Bertz CT molecular complexity index is 312. The van der Waals surface area contributed by atoms with Crippen LogP contribution in [-0.4, -0.2) is 27.5 Å². The summed E-state index contributed by atoms with van der Waals surface area (Å²) in [5.41, 5.74) is 0.0541. The van der Waals surface area contributed by atoms with Crippen LogP contribution in [0.1, 0.15) is 38.4 Å². The highest BCUT2D eigenvalue weighted by Crippen LogP contribution is 2.37. The van der Waals surface area contributed by atoms with Gasteiger partial charge in [0.25, 0.3) is 0 Å². The van der Waals surface area contributed by atoms with Crippen LogP contribution in [-0.2, 0) is 17.7 Å². The van der Waals surface area contributed by atoms with Gasteiger partial charge in [-0.1, -0.05) is 6.92 Å². The van der Waals surface area contributed by atoms with E-state index < -0.39 is 0 Å². The molecule has 0 saturated heterocycles. The Labute approximate surface area is 90.7 Å². The normalized spacial score (nSPS) is 18.8. The lowest BCUT2D eigenvalue weighted by molar-refractivity contribution is -0.0726. The number of ether oxygens (including phenoxy) is 1. The van der Waals surface area contributed by atoms with Crippen LogP contribution >= 0.6 is 0 Å². The Hall–Kier alpha value is -0.900. The molecule has 0 amide bonds. The lowest BCUT2D eigenvalue weighted by Gasteiger charge is -2.40. The minimum Gasteiger partial charge on any atom is -0.378 e. The van der Waals surface area contributed by atoms with Gasteiger partial charge in [0, 0.05) is 20.1 Å². The molecule has 4 nitrogen and oxygen atoms in total. The van der Waals surface area contributed by atoms with Crippen molar-refractivity contribution in [2.24, 2.45) is 0 Å². The zero-order chi connectivity index (χ0) is 10.7. The molecule has 0 aliphatic heterocycles. The van der Waals surface area contributed by atoms with Crippen molar-refractivity contribution in [1.29, 1.82) is 0 Å². The van der Waals surface area contributed by atoms with Crippen molar-refractivity contribution in [1.82, 2.24) is 14.8 Å². The van der Waals surface area contributed by atoms with Crippen LogP contribution < -0.4 is 0 Å². The summed E-state index contributed by atoms with van der Waals surface area (Å²) in [6, 6.07) is 0. The maximum Gasteiger partial charge on any atom is 0.135 e. The third kappa shape index (κ3) is 2.04. The summed E-state index contributed by atoms with van der Waals surface area (Å²) < 4.78 is 7.74. The predicted molar refractivity (Wildman–Crippen MR) is 57.6 cm³/mol. The molecule has 2 rings (SSSR count). The molecule has 0 radical (unpaired) electrons. The third-order valence-corrected chi connectivity index (χ3v) is 3.34. The number of rotatable bonds is 5. The van der Waals surface area contributed by atoms with Crippen LogP contribution in [0.4, 0.5) is 0 Å². The molecule has 84 valence electrons. The summed E-state index contributed by atoms with van der Waals surface area (Å²) in [5, 5.41) is 8.16. The van der Waals surface area contributed by atoms with Crippen molar-refractivity contribution in [3.63, 3.8) is 0 Å². The van der Waals surface area contributed by atoms with Crippen LogP contribution in [0.2, 0.25) is 0 Å². The van der Waals surface area contributed by atoms with Crippen molar-refractivity contribution in [3.05, 3.63) is 12.2 Å². The van der Waals surface area contributed by atoms with E-state index in [1.165, 1.54) is 6.42 Å². The predicted octanol–water partition coefficient (Wildman–Crippen LogP) is 1.80. The Morgan fingerprint density at radius 2 is 2.33 bits per heavy atom. The molecule has 0 N–H and O–H groups in total. The second-order valence-corrected chi connectivity index (χ2v) is 4.36. The van der Waals surface area contributed by atoms with Gasteiger partial charge in [-0.2, -0.15) is 0 Å². The molecule has 15 heavy (non-hydrogen) atoms. The highest BCUT2D eigenvalue weighted by atomic mass is 16.5. The molecule has 4 heteroatoms. The lowest BCUT2D eigenvalue weighted by atomic mass is 9.77. The first kappa shape index (κ1) is 10.6. The fraction of sp³-hybridized carbons (Fsp3) is 0.818. The molecule has 1 saturated carbocycles. The maximum absolute atomic E-state index is 5.60. The summed E-state index contributed by atoms with van der Waals surface area (Å²) >= 11 is 0. The van der Waals surface area contributed by atoms with E-state index in [4.69, 9.17) is 4.74 Å². The van der Waals surface area contributed by atoms with E-state index >= 15 is 0 Å². The first-order valence-corrected chi connectivity index (χ1v) is 5.71. The van der Waals surface area contributed by atoms with Crippen molar-refractivity contribution in [3.8, 4) is 0 Å². The van der Waals surface area contributed by atoms with Gasteiger partial charge in [-0.15, -0.1) is 10.2 Å². The average Bonchev–Trinajstić information content (AvgIpc) is 2.60. The number of hydrogen-bond donors (Lipinski definition) is 0. The lowest BCUT2D eigenvalue weighted by Crippen LogP contribution is -2.42. The maximum atomic E-state index is 5.60. The van der Waals surface area contributed by atoms with Gasteiger partial charge in [-0.3, -0.25) is 0 Å². The molecule has 1 heterocycles. The average molecular weight is 209 g/mol. The van der Waals surface area contributed by atoms with Gasteiger partial charge in [-0.05, 0) is 25.7 Å². The fourth-order valence-corrected chi connectivity index (χ4v) is 2.16. The van der Waals surface area contributed by atoms with Crippen molar-refractivity contribution in [2.75, 3.05) is 7.11 Å². The van der Waals surface area contributed by atoms with Crippen molar-refractivity contribution >= 4 is 0 Å². The summed E-state index contributed by atoms with van der Waals surface area (Å²) in [7, 11) is 1.81. The van der Waals surface area contributed by atoms with Gasteiger partial charge >= 0.3 is 0 Å². The summed E-state index contributed by atoms with van der Waals surface area (Å²) in [5.74, 6) is 1.07. The van der Waals surface area contributed by atoms with E-state index in [0.29, 0.717) is 0 Å². The number of aromatic nitrogens is 3. The van der Waals surface area contributed by atoms with E-state index in [2.05, 4.69) is 21.7 Å². The van der Waals surface area contributed by atoms with Gasteiger partial charge in [-0.25, -0.2) is 0 Å². The molecular weight excluding hydrogens is 190 g/mol. The molecule has 0 spiro atoms. The number of aryl methyl sites for hydroxylation is 1. The van der Waals surface area contributed by atoms with E-state index in [9.17, 15) is 0 Å². The van der Waals surface area contributed by atoms with Gasteiger partial charge in [0.1, 0.15) is 12.2 Å². The van der Waals surface area contributed by atoms with Crippen LogP contribution in [0, 0.1) is 0 Å². The molecule has 0 atom stereocenters. The van der Waals surface area contributed by atoms with E-state index in [-0.39, 0.29) is 5.60 Å². The van der Waals surface area contributed by atoms with Crippen LogP contribution in [0.25, 0.3) is 0 Å². The smallest absolute Gasteiger partial charge is 0.135 e. The third-order valence-electron chi connectivity index (χ3n) is 3.34. The topological polar surface area (TPSA) is 39.9 Å². The van der Waals surface area contributed by atoms with Gasteiger partial charge in [0.2, 0.25) is 0 Å². The molecule has 0 bridgehead atoms.